The van der Waals surface area contributed by atoms with E-state index in [1.807, 2.05) is 30.3 Å². The van der Waals surface area contributed by atoms with Crippen LogP contribution in [0.4, 0.5) is 5.69 Å². The van der Waals surface area contributed by atoms with Gasteiger partial charge in [0.1, 0.15) is 5.75 Å². The van der Waals surface area contributed by atoms with E-state index in [1.165, 1.54) is 5.69 Å². The van der Waals surface area contributed by atoms with E-state index in [-0.39, 0.29) is 5.91 Å². The van der Waals surface area contributed by atoms with Gasteiger partial charge in [-0.15, -0.1) is 0 Å². The lowest BCUT2D eigenvalue weighted by Crippen LogP contribution is -2.48. The highest BCUT2D eigenvalue weighted by Crippen LogP contribution is 2.28. The number of carbonyl (C=O) groups is 1. The molecule has 0 aliphatic carbocycles. The molecule has 0 saturated carbocycles. The minimum Gasteiger partial charge on any atom is -0.497 e. The smallest absolute Gasteiger partial charge is 0.244 e. The molecule has 3 rings (SSSR count). The Hall–Kier alpha value is -3.19. The number of hydrogen-bond acceptors (Lipinski definition) is 6. The van der Waals surface area contributed by atoms with Gasteiger partial charge in [-0.25, -0.2) is 0 Å². The van der Waals surface area contributed by atoms with E-state index in [2.05, 4.69) is 27.2 Å². The molecular formula is C24H31N3O4. The van der Waals surface area contributed by atoms with Crippen molar-refractivity contribution in [3.63, 3.8) is 0 Å². The lowest BCUT2D eigenvalue weighted by molar-refractivity contribution is -0.116. The van der Waals surface area contributed by atoms with Crippen LogP contribution in [0, 0.1) is 0 Å². The summed E-state index contributed by atoms with van der Waals surface area (Å²) < 4.78 is 15.7. The van der Waals surface area contributed by atoms with Crippen LogP contribution in [0.2, 0.25) is 0 Å². The Labute approximate surface area is 184 Å². The summed E-state index contributed by atoms with van der Waals surface area (Å²) in [6.45, 7) is 5.36. The van der Waals surface area contributed by atoms with E-state index in [0.717, 1.165) is 44.0 Å². The summed E-state index contributed by atoms with van der Waals surface area (Å²) in [6.07, 6.45) is 3.31. The highest BCUT2D eigenvalue weighted by Gasteiger charge is 2.17. The van der Waals surface area contributed by atoms with Crippen molar-refractivity contribution in [2.75, 3.05) is 65.5 Å². The Balaban J connectivity index is 1.38. The first-order chi connectivity index (χ1) is 15.1. The van der Waals surface area contributed by atoms with Gasteiger partial charge in [0.2, 0.25) is 5.91 Å². The number of benzene rings is 2. The predicted molar refractivity (Wildman–Crippen MR) is 123 cm³/mol. The highest BCUT2D eigenvalue weighted by molar-refractivity contribution is 5.91. The fourth-order valence-electron chi connectivity index (χ4n) is 3.55. The van der Waals surface area contributed by atoms with Crippen LogP contribution in [-0.2, 0) is 4.79 Å². The zero-order chi connectivity index (χ0) is 22.1. The normalized spacial score (nSPS) is 14.5. The zero-order valence-corrected chi connectivity index (χ0v) is 18.5. The quantitative estimate of drug-likeness (QED) is 0.624. The van der Waals surface area contributed by atoms with Crippen LogP contribution in [0.15, 0.2) is 48.5 Å². The van der Waals surface area contributed by atoms with Gasteiger partial charge < -0.3 is 24.4 Å². The summed E-state index contributed by atoms with van der Waals surface area (Å²) in [5.74, 6) is 2.07. The van der Waals surface area contributed by atoms with Gasteiger partial charge in [-0.3, -0.25) is 9.69 Å². The van der Waals surface area contributed by atoms with Crippen molar-refractivity contribution in [1.82, 2.24) is 10.2 Å². The molecule has 0 atom stereocenters. The number of rotatable bonds is 9. The molecule has 0 aromatic heterocycles. The van der Waals surface area contributed by atoms with Crippen LogP contribution in [0.5, 0.6) is 17.2 Å². The second-order valence-electron chi connectivity index (χ2n) is 7.27. The van der Waals surface area contributed by atoms with E-state index in [1.54, 1.807) is 33.5 Å². The Morgan fingerprint density at radius 1 is 0.935 bits per heavy atom. The average Bonchev–Trinajstić information content (AvgIpc) is 2.83. The van der Waals surface area contributed by atoms with Crippen molar-refractivity contribution in [3.05, 3.63) is 54.1 Å². The third-order valence-electron chi connectivity index (χ3n) is 5.37. The molecule has 0 radical (unpaired) electrons. The van der Waals surface area contributed by atoms with Crippen molar-refractivity contribution in [3.8, 4) is 17.2 Å². The van der Waals surface area contributed by atoms with E-state index in [9.17, 15) is 4.79 Å². The predicted octanol–water partition coefficient (Wildman–Crippen LogP) is 2.66. The Kier molecular flexibility index (Phi) is 8.18. The van der Waals surface area contributed by atoms with Gasteiger partial charge in [0.15, 0.2) is 11.5 Å². The number of anilines is 1. The van der Waals surface area contributed by atoms with Crippen molar-refractivity contribution in [2.24, 2.45) is 0 Å². The molecule has 1 N–H and O–H groups in total. The topological polar surface area (TPSA) is 63.3 Å². The summed E-state index contributed by atoms with van der Waals surface area (Å²) in [4.78, 5) is 16.9. The maximum absolute atomic E-state index is 12.1. The number of nitrogens with one attached hydrogen (secondary N) is 1. The molecule has 1 heterocycles. The monoisotopic (exact) mass is 425 g/mol. The number of amides is 1. The molecule has 166 valence electrons. The number of nitrogens with zero attached hydrogens (tertiary/aromatic N) is 2. The Morgan fingerprint density at radius 2 is 1.65 bits per heavy atom. The molecule has 1 aliphatic heterocycles. The maximum atomic E-state index is 12.1. The average molecular weight is 426 g/mol. The lowest BCUT2D eigenvalue weighted by Gasteiger charge is -2.36. The van der Waals surface area contributed by atoms with Gasteiger partial charge in [-0.2, -0.15) is 0 Å². The molecule has 7 heteroatoms. The van der Waals surface area contributed by atoms with Crippen molar-refractivity contribution in [1.29, 1.82) is 0 Å². The first-order valence-electron chi connectivity index (χ1n) is 10.4. The first-order valence-corrected chi connectivity index (χ1v) is 10.4. The third kappa shape index (κ3) is 6.39. The standard InChI is InChI=1S/C24H31N3O4/c1-29-21-8-6-20(7-9-21)27-16-14-26(15-17-27)13-12-25-24(28)11-5-19-4-10-22(30-2)23(18-19)31-3/h4-11,18H,12-17H2,1-3H3,(H,25,28)/b11-5+. The van der Waals surface area contributed by atoms with Crippen LogP contribution in [0.3, 0.4) is 0 Å². The summed E-state index contributed by atoms with van der Waals surface area (Å²) in [7, 11) is 4.87. The first kappa shape index (κ1) is 22.5. The van der Waals surface area contributed by atoms with E-state index in [0.29, 0.717) is 18.0 Å². The minimum absolute atomic E-state index is 0.105. The van der Waals surface area contributed by atoms with Gasteiger partial charge in [0.25, 0.3) is 0 Å². The second-order valence-corrected chi connectivity index (χ2v) is 7.27. The van der Waals surface area contributed by atoms with Gasteiger partial charge >= 0.3 is 0 Å². The highest BCUT2D eigenvalue weighted by atomic mass is 16.5. The molecule has 1 amide bonds. The van der Waals surface area contributed by atoms with E-state index < -0.39 is 0 Å². The number of hydrogen-bond donors (Lipinski definition) is 1. The van der Waals surface area contributed by atoms with Gasteiger partial charge in [-0.05, 0) is 48.0 Å². The Bertz CT molecular complexity index is 875. The fourth-order valence-corrected chi connectivity index (χ4v) is 3.55. The van der Waals surface area contributed by atoms with Gasteiger partial charge in [0, 0.05) is 51.0 Å². The summed E-state index contributed by atoms with van der Waals surface area (Å²) in [6, 6.07) is 13.7. The lowest BCUT2D eigenvalue weighted by atomic mass is 10.2. The van der Waals surface area contributed by atoms with Crippen LogP contribution in [0.1, 0.15) is 5.56 Å². The van der Waals surface area contributed by atoms with Crippen molar-refractivity contribution < 1.29 is 19.0 Å². The second kappa shape index (κ2) is 11.3. The van der Waals surface area contributed by atoms with Gasteiger partial charge in [0.05, 0.1) is 21.3 Å². The number of piperazine rings is 1. The summed E-state index contributed by atoms with van der Waals surface area (Å²) >= 11 is 0. The molecule has 31 heavy (non-hydrogen) atoms. The molecule has 7 nitrogen and oxygen atoms in total. The minimum atomic E-state index is -0.105. The number of methoxy groups -OCH3 is 3. The van der Waals surface area contributed by atoms with Crippen LogP contribution in [-0.4, -0.2) is 71.4 Å². The molecule has 0 spiro atoms. The van der Waals surface area contributed by atoms with Crippen molar-refractivity contribution in [2.45, 2.75) is 0 Å². The zero-order valence-electron chi connectivity index (χ0n) is 18.5. The van der Waals surface area contributed by atoms with E-state index in [4.69, 9.17) is 14.2 Å². The van der Waals surface area contributed by atoms with Crippen LogP contribution in [0.25, 0.3) is 6.08 Å². The molecule has 0 bridgehead atoms. The Morgan fingerprint density at radius 3 is 2.29 bits per heavy atom. The fraction of sp³-hybridized carbons (Fsp3) is 0.375. The van der Waals surface area contributed by atoms with Gasteiger partial charge in [-0.1, -0.05) is 6.07 Å². The summed E-state index contributed by atoms with van der Waals surface area (Å²) in [5.41, 5.74) is 2.09. The molecule has 1 saturated heterocycles. The largest absolute Gasteiger partial charge is 0.497 e. The van der Waals surface area contributed by atoms with Crippen molar-refractivity contribution >= 4 is 17.7 Å². The van der Waals surface area contributed by atoms with Crippen LogP contribution >= 0.6 is 0 Å². The molecule has 2 aromatic carbocycles. The molecule has 1 fully saturated rings. The third-order valence-corrected chi connectivity index (χ3v) is 5.37. The van der Waals surface area contributed by atoms with E-state index >= 15 is 0 Å². The summed E-state index contributed by atoms with van der Waals surface area (Å²) in [5, 5.41) is 2.96. The van der Waals surface area contributed by atoms with Crippen LogP contribution < -0.4 is 24.4 Å². The number of ether oxygens (including phenoxy) is 3. The maximum Gasteiger partial charge on any atom is 0.244 e. The molecule has 0 unspecified atom stereocenters. The molecule has 1 aliphatic rings. The SMILES string of the molecule is COc1ccc(N2CCN(CCNC(=O)/C=C/c3ccc(OC)c(OC)c3)CC2)cc1. The molecule has 2 aromatic rings. The number of carbonyl (C=O) groups excluding carboxylic acids is 1. The molecular weight excluding hydrogens is 394 g/mol.